The van der Waals surface area contributed by atoms with Gasteiger partial charge < -0.3 is 14.2 Å². The highest BCUT2D eigenvalue weighted by Crippen LogP contribution is 2.35. The van der Waals surface area contributed by atoms with Crippen molar-refractivity contribution in [2.75, 3.05) is 19.6 Å². The fourth-order valence-electron chi connectivity index (χ4n) is 4.81. The lowest BCUT2D eigenvalue weighted by atomic mass is 9.86. The van der Waals surface area contributed by atoms with Crippen molar-refractivity contribution >= 4 is 22.9 Å². The van der Waals surface area contributed by atoms with Crippen molar-refractivity contribution in [2.45, 2.75) is 45.6 Å². The summed E-state index contributed by atoms with van der Waals surface area (Å²) in [5, 5.41) is 5.91. The molecule has 11 heteroatoms. The SMILES string of the molecule is CC(C)(C)c1cc(-c2ccc(F)cc2)nc2cc(C(=O)N3CCN(C(=O)c4n[nH]c(=O)[nH]4)CC3(C)C)oc12. The largest absolute Gasteiger partial charge is 0.449 e. The lowest BCUT2D eigenvalue weighted by molar-refractivity contribution is 0.0146. The third-order valence-corrected chi connectivity index (χ3v) is 6.78. The van der Waals surface area contributed by atoms with Crippen LogP contribution in [-0.2, 0) is 5.41 Å². The number of carbonyl (C=O) groups is 2. The van der Waals surface area contributed by atoms with Gasteiger partial charge in [0.15, 0.2) is 11.3 Å². The molecule has 1 aliphatic heterocycles. The quantitative estimate of drug-likeness (QED) is 0.424. The number of nitrogens with one attached hydrogen (secondary N) is 2. The summed E-state index contributed by atoms with van der Waals surface area (Å²) in [6.07, 6.45) is 0. The van der Waals surface area contributed by atoms with Crippen LogP contribution in [0.1, 0.15) is 61.4 Å². The highest BCUT2D eigenvalue weighted by atomic mass is 19.1. The average Bonchev–Trinajstić information content (AvgIpc) is 3.48. The highest BCUT2D eigenvalue weighted by molar-refractivity contribution is 5.97. The van der Waals surface area contributed by atoms with Crippen molar-refractivity contribution < 1.29 is 18.4 Å². The molecule has 1 saturated heterocycles. The molecule has 0 radical (unpaired) electrons. The minimum absolute atomic E-state index is 0.0689. The predicted molar refractivity (Wildman–Crippen MR) is 138 cm³/mol. The van der Waals surface area contributed by atoms with E-state index in [2.05, 4.69) is 15.2 Å². The van der Waals surface area contributed by atoms with E-state index in [1.807, 2.05) is 40.7 Å². The van der Waals surface area contributed by atoms with Crippen LogP contribution in [0.15, 0.2) is 45.6 Å². The minimum Gasteiger partial charge on any atom is -0.449 e. The fraction of sp³-hybridized carbons (Fsp3) is 0.370. The second-order valence-electron chi connectivity index (χ2n) is 11.2. The van der Waals surface area contributed by atoms with Crippen LogP contribution in [0.2, 0.25) is 0 Å². The van der Waals surface area contributed by atoms with E-state index in [4.69, 9.17) is 9.40 Å². The number of aromatic nitrogens is 4. The van der Waals surface area contributed by atoms with Crippen molar-refractivity contribution in [1.29, 1.82) is 0 Å². The standard InChI is InChI=1S/C27H29FN6O4/c1-26(2,3)17-12-18(15-6-8-16(28)9-7-15)29-19-13-20(38-21(17)19)23(35)34-11-10-33(14-27(34,4)5)24(36)22-30-25(37)32-31-22/h6-9,12-13H,10-11,14H2,1-5H3,(H2,30,31,32,37). The molecular formula is C27H29FN6O4. The van der Waals surface area contributed by atoms with Gasteiger partial charge in [-0.2, -0.15) is 0 Å². The van der Waals surface area contributed by atoms with Gasteiger partial charge in [0.2, 0.25) is 5.82 Å². The molecular weight excluding hydrogens is 491 g/mol. The second kappa shape index (κ2) is 8.93. The number of amides is 2. The summed E-state index contributed by atoms with van der Waals surface area (Å²) in [4.78, 5) is 48.2. The van der Waals surface area contributed by atoms with Crippen molar-refractivity contribution in [2.24, 2.45) is 0 Å². The highest BCUT2D eigenvalue weighted by Gasteiger charge is 2.40. The van der Waals surface area contributed by atoms with Crippen LogP contribution < -0.4 is 5.69 Å². The Hall–Kier alpha value is -4.28. The molecule has 5 rings (SSSR count). The van der Waals surface area contributed by atoms with Crippen LogP contribution in [0.25, 0.3) is 22.4 Å². The first kappa shape index (κ1) is 25.4. The molecule has 1 aromatic carbocycles. The first-order valence-corrected chi connectivity index (χ1v) is 12.3. The van der Waals surface area contributed by atoms with Crippen LogP contribution in [0.5, 0.6) is 0 Å². The number of furan rings is 1. The smallest absolute Gasteiger partial charge is 0.341 e. The Balaban J connectivity index is 1.46. The number of hydrogen-bond acceptors (Lipinski definition) is 6. The number of rotatable bonds is 3. The summed E-state index contributed by atoms with van der Waals surface area (Å²) >= 11 is 0. The van der Waals surface area contributed by atoms with Gasteiger partial charge in [0.05, 0.1) is 11.2 Å². The Morgan fingerprint density at radius 3 is 2.39 bits per heavy atom. The number of fused-ring (bicyclic) bond motifs is 1. The molecule has 2 N–H and O–H groups in total. The zero-order valence-electron chi connectivity index (χ0n) is 21.9. The number of hydrogen-bond donors (Lipinski definition) is 2. The Morgan fingerprint density at radius 2 is 1.79 bits per heavy atom. The van der Waals surface area contributed by atoms with Crippen molar-refractivity contribution in [3.8, 4) is 11.3 Å². The van der Waals surface area contributed by atoms with Gasteiger partial charge in [-0.25, -0.2) is 19.3 Å². The number of pyridine rings is 1. The topological polar surface area (TPSA) is 128 Å². The van der Waals surface area contributed by atoms with Crippen molar-refractivity contribution in [3.05, 3.63) is 69.8 Å². The first-order valence-electron chi connectivity index (χ1n) is 12.3. The molecule has 38 heavy (non-hydrogen) atoms. The van der Waals surface area contributed by atoms with E-state index in [0.717, 1.165) is 11.1 Å². The summed E-state index contributed by atoms with van der Waals surface area (Å²) in [5.41, 5.74) is 1.77. The Kier molecular flexibility index (Phi) is 5.96. The van der Waals surface area contributed by atoms with Crippen LogP contribution in [-0.4, -0.2) is 67.0 Å². The lowest BCUT2D eigenvalue weighted by Crippen LogP contribution is -2.62. The maximum Gasteiger partial charge on any atom is 0.341 e. The van der Waals surface area contributed by atoms with E-state index in [0.29, 0.717) is 16.8 Å². The molecule has 3 aromatic heterocycles. The summed E-state index contributed by atoms with van der Waals surface area (Å²) in [6, 6.07) is 9.67. The van der Waals surface area contributed by atoms with E-state index in [9.17, 15) is 18.8 Å². The van der Waals surface area contributed by atoms with Crippen LogP contribution in [0.3, 0.4) is 0 Å². The monoisotopic (exact) mass is 520 g/mol. The summed E-state index contributed by atoms with van der Waals surface area (Å²) in [6.45, 7) is 10.7. The van der Waals surface area contributed by atoms with E-state index >= 15 is 0 Å². The number of H-pyrrole nitrogens is 2. The van der Waals surface area contributed by atoms with Gasteiger partial charge in [-0.1, -0.05) is 20.8 Å². The maximum absolute atomic E-state index is 13.7. The summed E-state index contributed by atoms with van der Waals surface area (Å²) < 4.78 is 19.6. The molecule has 0 atom stereocenters. The molecule has 0 bridgehead atoms. The second-order valence-corrected chi connectivity index (χ2v) is 11.2. The van der Waals surface area contributed by atoms with E-state index < -0.39 is 17.1 Å². The minimum atomic E-state index is -0.722. The van der Waals surface area contributed by atoms with Crippen LogP contribution in [0.4, 0.5) is 4.39 Å². The van der Waals surface area contributed by atoms with Gasteiger partial charge in [-0.05, 0) is 49.6 Å². The lowest BCUT2D eigenvalue weighted by Gasteiger charge is -2.46. The van der Waals surface area contributed by atoms with Gasteiger partial charge in [0.25, 0.3) is 11.8 Å². The van der Waals surface area contributed by atoms with Crippen LogP contribution >= 0.6 is 0 Å². The fourth-order valence-corrected chi connectivity index (χ4v) is 4.81. The van der Waals surface area contributed by atoms with Crippen molar-refractivity contribution in [1.82, 2.24) is 30.0 Å². The molecule has 4 aromatic rings. The van der Waals surface area contributed by atoms with Gasteiger partial charge >= 0.3 is 5.69 Å². The number of aromatic amines is 2. The molecule has 1 aliphatic rings. The number of benzene rings is 1. The average molecular weight is 521 g/mol. The Morgan fingerprint density at radius 1 is 1.08 bits per heavy atom. The molecule has 198 valence electrons. The predicted octanol–water partition coefficient (Wildman–Crippen LogP) is 3.72. The third kappa shape index (κ3) is 4.59. The maximum atomic E-state index is 13.7. The normalized spacial score (nSPS) is 15.7. The van der Waals surface area contributed by atoms with Gasteiger partial charge in [-0.3, -0.25) is 14.6 Å². The molecule has 0 saturated carbocycles. The Bertz CT molecular complexity index is 1590. The Labute approximate surface area is 217 Å². The third-order valence-electron chi connectivity index (χ3n) is 6.78. The molecule has 0 aliphatic carbocycles. The number of nitrogens with zero attached hydrogens (tertiary/aromatic N) is 4. The molecule has 10 nitrogen and oxygen atoms in total. The first-order chi connectivity index (χ1) is 17.8. The number of carbonyl (C=O) groups excluding carboxylic acids is 2. The summed E-state index contributed by atoms with van der Waals surface area (Å²) in [7, 11) is 0. The molecule has 2 amide bonds. The molecule has 1 fully saturated rings. The molecule has 0 spiro atoms. The number of halogens is 1. The molecule has 0 unspecified atom stereocenters. The molecule has 4 heterocycles. The van der Waals surface area contributed by atoms with Crippen LogP contribution in [0, 0.1) is 5.82 Å². The zero-order valence-corrected chi connectivity index (χ0v) is 21.9. The van der Waals surface area contributed by atoms with E-state index in [1.54, 1.807) is 28.0 Å². The van der Waals surface area contributed by atoms with E-state index in [1.165, 1.54) is 12.1 Å². The number of piperazine rings is 1. The van der Waals surface area contributed by atoms with E-state index in [-0.39, 0.29) is 48.4 Å². The van der Waals surface area contributed by atoms with Crippen molar-refractivity contribution in [3.63, 3.8) is 0 Å². The van der Waals surface area contributed by atoms with Gasteiger partial charge in [0.1, 0.15) is 11.3 Å². The van der Waals surface area contributed by atoms with Gasteiger partial charge in [-0.15, -0.1) is 5.10 Å². The van der Waals surface area contributed by atoms with Gasteiger partial charge in [0, 0.05) is 36.8 Å². The summed E-state index contributed by atoms with van der Waals surface area (Å²) in [5.74, 6) is -0.973. The zero-order chi connectivity index (χ0) is 27.4.